The number of nitrogens with one attached hydrogen (secondary N) is 2. The lowest BCUT2D eigenvalue weighted by Gasteiger charge is -2.12. The van der Waals surface area contributed by atoms with Crippen molar-refractivity contribution >= 4 is 28.8 Å². The average molecular weight is 453 g/mol. The van der Waals surface area contributed by atoms with E-state index >= 15 is 0 Å². The highest BCUT2D eigenvalue weighted by Gasteiger charge is 2.18. The molecule has 34 heavy (non-hydrogen) atoms. The minimum atomic E-state index is 0.290. The molecule has 2 N–H and O–H groups in total. The smallest absolute Gasteiger partial charge is 0.153 e. The second-order valence-corrected chi connectivity index (χ2v) is 8.07. The predicted molar refractivity (Wildman–Crippen MR) is 130 cm³/mol. The number of hydrogen-bond donors (Lipinski definition) is 2. The molecule has 0 spiro atoms. The van der Waals surface area contributed by atoms with Crippen molar-refractivity contribution < 1.29 is 4.79 Å². The highest BCUT2D eigenvalue weighted by molar-refractivity contribution is 5.82. The Kier molecular flexibility index (Phi) is 5.59. The molecular formula is C25H24N8O. The van der Waals surface area contributed by atoms with Crippen molar-refractivity contribution in [2.75, 3.05) is 5.32 Å². The number of imidazole rings is 1. The van der Waals surface area contributed by atoms with Crippen molar-refractivity contribution in [3.8, 4) is 17.1 Å². The minimum absolute atomic E-state index is 0.290. The number of carbonyl (C=O) groups excluding carboxylic acids is 1. The Bertz CT molecular complexity index is 1480. The molecule has 0 unspecified atom stereocenters. The van der Waals surface area contributed by atoms with E-state index in [1.54, 1.807) is 6.33 Å². The molecule has 5 rings (SSSR count). The maximum Gasteiger partial charge on any atom is 0.153 e. The van der Waals surface area contributed by atoms with Crippen molar-refractivity contribution in [2.45, 2.75) is 33.6 Å². The third-order valence-electron chi connectivity index (χ3n) is 5.74. The highest BCUT2D eigenvalue weighted by atomic mass is 16.1. The number of H-pyrrole nitrogens is 1. The molecule has 170 valence electrons. The fourth-order valence-electron chi connectivity index (χ4n) is 4.02. The Morgan fingerprint density at radius 3 is 2.74 bits per heavy atom. The van der Waals surface area contributed by atoms with Crippen LogP contribution in [0.2, 0.25) is 0 Å². The maximum atomic E-state index is 11.3. The number of aromatic nitrogens is 7. The Labute approximate surface area is 196 Å². The fourth-order valence-corrected chi connectivity index (χ4v) is 4.02. The number of hydrogen-bond acceptors (Lipinski definition) is 7. The van der Waals surface area contributed by atoms with E-state index in [1.165, 1.54) is 0 Å². The lowest BCUT2D eigenvalue weighted by atomic mass is 10.0. The number of pyridine rings is 1. The van der Waals surface area contributed by atoms with Crippen molar-refractivity contribution in [3.63, 3.8) is 0 Å². The Balaban J connectivity index is 1.55. The third-order valence-corrected chi connectivity index (χ3v) is 5.74. The van der Waals surface area contributed by atoms with Crippen LogP contribution in [0.4, 0.5) is 11.5 Å². The number of carbonyl (C=O) groups is 1. The van der Waals surface area contributed by atoms with E-state index in [2.05, 4.69) is 37.6 Å². The number of benzene rings is 1. The van der Waals surface area contributed by atoms with Crippen LogP contribution in [-0.2, 0) is 17.6 Å². The summed E-state index contributed by atoms with van der Waals surface area (Å²) in [4.78, 5) is 20.9. The Morgan fingerprint density at radius 1 is 1.09 bits per heavy atom. The number of aryl methyl sites for hydroxylation is 3. The summed E-state index contributed by atoms with van der Waals surface area (Å²) in [6.45, 7) is 5.91. The van der Waals surface area contributed by atoms with Gasteiger partial charge in [0, 0.05) is 23.4 Å². The Morgan fingerprint density at radius 2 is 1.97 bits per heavy atom. The lowest BCUT2D eigenvalue weighted by Crippen LogP contribution is -2.03. The molecule has 0 aliphatic heterocycles. The van der Waals surface area contributed by atoms with Gasteiger partial charge < -0.3 is 10.1 Å². The number of anilines is 2. The Hall–Kier alpha value is -4.40. The summed E-state index contributed by atoms with van der Waals surface area (Å²) < 4.78 is 1.94. The molecule has 0 radical (unpaired) electrons. The van der Waals surface area contributed by atoms with Crippen LogP contribution in [0, 0.1) is 13.8 Å². The van der Waals surface area contributed by atoms with Gasteiger partial charge in [0.25, 0.3) is 0 Å². The number of nitrogens with zero attached hydrogens (tertiary/aromatic N) is 6. The van der Waals surface area contributed by atoms with Gasteiger partial charge in [0.2, 0.25) is 0 Å². The molecule has 0 bridgehead atoms. The van der Waals surface area contributed by atoms with Gasteiger partial charge >= 0.3 is 0 Å². The van der Waals surface area contributed by atoms with Gasteiger partial charge in [-0.25, -0.2) is 9.97 Å². The second-order valence-electron chi connectivity index (χ2n) is 8.07. The summed E-state index contributed by atoms with van der Waals surface area (Å²) in [7, 11) is 0. The number of fused-ring (bicyclic) bond motifs is 1. The normalized spacial score (nSPS) is 11.1. The molecular weight excluding hydrogens is 428 g/mol. The van der Waals surface area contributed by atoms with E-state index in [4.69, 9.17) is 4.98 Å². The zero-order valence-corrected chi connectivity index (χ0v) is 19.2. The molecule has 5 aromatic rings. The maximum absolute atomic E-state index is 11.3. The second kappa shape index (κ2) is 8.86. The quantitative estimate of drug-likeness (QED) is 0.355. The van der Waals surface area contributed by atoms with Crippen LogP contribution in [0.15, 0.2) is 48.8 Å². The molecule has 0 aliphatic carbocycles. The summed E-state index contributed by atoms with van der Waals surface area (Å²) in [6.07, 6.45) is 3.74. The molecule has 4 aromatic heterocycles. The van der Waals surface area contributed by atoms with Gasteiger partial charge in [-0.15, -0.1) is 5.10 Å². The average Bonchev–Trinajstić information content (AvgIpc) is 3.44. The fraction of sp³-hybridized carbons (Fsp3) is 0.200. The highest BCUT2D eigenvalue weighted by Crippen LogP contribution is 2.30. The first kappa shape index (κ1) is 21.4. The van der Waals surface area contributed by atoms with Crippen molar-refractivity contribution in [2.24, 2.45) is 0 Å². The lowest BCUT2D eigenvalue weighted by molar-refractivity contribution is -0.107. The van der Waals surface area contributed by atoms with Crippen LogP contribution in [-0.4, -0.2) is 41.2 Å². The van der Waals surface area contributed by atoms with E-state index in [-0.39, 0.29) is 6.42 Å². The van der Waals surface area contributed by atoms with E-state index in [0.717, 1.165) is 69.1 Å². The molecule has 0 aliphatic rings. The van der Waals surface area contributed by atoms with E-state index in [0.29, 0.717) is 5.82 Å². The van der Waals surface area contributed by atoms with Gasteiger partial charge in [-0.1, -0.05) is 13.0 Å². The predicted octanol–water partition coefficient (Wildman–Crippen LogP) is 4.26. The van der Waals surface area contributed by atoms with Gasteiger partial charge in [-0.05, 0) is 62.2 Å². The molecule has 0 saturated heterocycles. The first-order valence-electron chi connectivity index (χ1n) is 11.1. The van der Waals surface area contributed by atoms with E-state index < -0.39 is 0 Å². The summed E-state index contributed by atoms with van der Waals surface area (Å²) in [5, 5.41) is 19.0. The monoisotopic (exact) mass is 452 g/mol. The van der Waals surface area contributed by atoms with Crippen molar-refractivity contribution in [3.05, 3.63) is 71.4 Å². The molecule has 0 fully saturated rings. The van der Waals surface area contributed by atoms with Crippen LogP contribution < -0.4 is 5.32 Å². The van der Waals surface area contributed by atoms with Crippen LogP contribution >= 0.6 is 0 Å². The summed E-state index contributed by atoms with van der Waals surface area (Å²) in [5.74, 6) is 1.39. The summed E-state index contributed by atoms with van der Waals surface area (Å²) in [5.41, 5.74) is 7.92. The van der Waals surface area contributed by atoms with Crippen LogP contribution in [0.25, 0.3) is 28.1 Å². The van der Waals surface area contributed by atoms with Crippen LogP contribution in [0.1, 0.15) is 29.6 Å². The molecule has 9 nitrogen and oxygen atoms in total. The van der Waals surface area contributed by atoms with Crippen LogP contribution in [0.3, 0.4) is 0 Å². The van der Waals surface area contributed by atoms with Crippen molar-refractivity contribution in [1.29, 1.82) is 0 Å². The summed E-state index contributed by atoms with van der Waals surface area (Å²) in [6, 6.07) is 13.6. The summed E-state index contributed by atoms with van der Waals surface area (Å²) >= 11 is 0. The van der Waals surface area contributed by atoms with Gasteiger partial charge in [-0.2, -0.15) is 10.2 Å². The number of aromatic amines is 1. The number of aldehydes is 1. The minimum Gasteiger partial charge on any atom is -0.339 e. The number of rotatable bonds is 7. The van der Waals surface area contributed by atoms with E-state index in [1.807, 2.05) is 60.9 Å². The standard InChI is InChI=1S/C25H24N8O/c1-4-19-24(16(3)30-31-19)25-17(11-12-34)6-10-23(28-25)33-14-26-20-13-18(7-8-21(20)33)27-22-9-5-15(2)29-32-22/h5-10,12-14H,4,11H2,1-3H3,(H,27,32)(H,30,31). The zero-order valence-electron chi connectivity index (χ0n) is 19.2. The van der Waals surface area contributed by atoms with E-state index in [9.17, 15) is 4.79 Å². The first-order valence-corrected chi connectivity index (χ1v) is 11.1. The van der Waals surface area contributed by atoms with Gasteiger partial charge in [0.1, 0.15) is 18.4 Å². The largest absolute Gasteiger partial charge is 0.339 e. The molecule has 4 heterocycles. The van der Waals surface area contributed by atoms with Gasteiger partial charge in [0.15, 0.2) is 5.82 Å². The molecule has 9 heteroatoms. The van der Waals surface area contributed by atoms with Crippen molar-refractivity contribution in [1.82, 2.24) is 34.9 Å². The third kappa shape index (κ3) is 3.92. The SMILES string of the molecule is CCc1[nH]nc(C)c1-c1nc(-n2cnc3cc(Nc4ccc(C)nn4)ccc32)ccc1CC=O. The topological polar surface area (TPSA) is 114 Å². The zero-order chi connectivity index (χ0) is 23.7. The molecule has 0 amide bonds. The first-order chi connectivity index (χ1) is 16.6. The molecule has 0 saturated carbocycles. The van der Waals surface area contributed by atoms with Crippen LogP contribution in [0.5, 0.6) is 0 Å². The molecule has 0 atom stereocenters. The molecule has 1 aromatic carbocycles. The van der Waals surface area contributed by atoms with Gasteiger partial charge in [-0.3, -0.25) is 9.67 Å². The van der Waals surface area contributed by atoms with Gasteiger partial charge in [0.05, 0.1) is 28.1 Å².